The Morgan fingerprint density at radius 3 is 2.20 bits per heavy atom. The molecule has 0 saturated heterocycles. The molecule has 0 unspecified atom stereocenters. The lowest BCUT2D eigenvalue weighted by molar-refractivity contribution is -0.140. The van der Waals surface area contributed by atoms with Crippen molar-refractivity contribution in [2.75, 3.05) is 20.1 Å². The minimum absolute atomic E-state index is 0.249. The highest BCUT2D eigenvalue weighted by Gasteiger charge is 2.38. The molecule has 1 amide bonds. The van der Waals surface area contributed by atoms with Gasteiger partial charge in [0.25, 0.3) is 0 Å². The van der Waals surface area contributed by atoms with Crippen molar-refractivity contribution in [1.29, 1.82) is 0 Å². The number of carbonyl (C=O) groups is 1. The smallest absolute Gasteiger partial charge is 0.229 e. The average molecular weight is 212 g/mol. The predicted molar refractivity (Wildman–Crippen MR) is 62.5 cm³/mol. The van der Waals surface area contributed by atoms with Crippen molar-refractivity contribution in [1.82, 2.24) is 4.90 Å². The summed E-state index contributed by atoms with van der Waals surface area (Å²) in [5, 5.41) is 0. The van der Waals surface area contributed by atoms with Gasteiger partial charge in [-0.2, -0.15) is 0 Å². The number of carbonyl (C=O) groups excluding carboxylic acids is 1. The van der Waals surface area contributed by atoms with Crippen LogP contribution in [0.1, 0.15) is 45.4 Å². The molecule has 0 atom stereocenters. The van der Waals surface area contributed by atoms with E-state index in [9.17, 15) is 4.79 Å². The zero-order valence-electron chi connectivity index (χ0n) is 10.1. The summed E-state index contributed by atoms with van der Waals surface area (Å²) >= 11 is 0. The molecule has 1 saturated carbocycles. The van der Waals surface area contributed by atoms with Crippen molar-refractivity contribution >= 4 is 5.91 Å². The van der Waals surface area contributed by atoms with Crippen molar-refractivity contribution in [2.24, 2.45) is 11.1 Å². The second kappa shape index (κ2) is 5.50. The second-order valence-corrected chi connectivity index (χ2v) is 4.72. The Balaban J connectivity index is 2.76. The Kier molecular flexibility index (Phi) is 4.58. The first-order valence-electron chi connectivity index (χ1n) is 6.12. The molecule has 0 bridgehead atoms. The average Bonchev–Trinajstić information content (AvgIpc) is 2.53. The van der Waals surface area contributed by atoms with E-state index in [0.717, 1.165) is 32.2 Å². The SMILES string of the molecule is CCN(C)C(=O)C1(CN)CCCCCC1. The molecule has 3 heteroatoms. The summed E-state index contributed by atoms with van der Waals surface area (Å²) < 4.78 is 0. The molecule has 1 aliphatic carbocycles. The van der Waals surface area contributed by atoms with Crippen LogP contribution in [0.5, 0.6) is 0 Å². The molecule has 0 spiro atoms. The van der Waals surface area contributed by atoms with Gasteiger partial charge in [0.05, 0.1) is 5.41 Å². The van der Waals surface area contributed by atoms with Gasteiger partial charge in [-0.25, -0.2) is 0 Å². The molecule has 0 aliphatic heterocycles. The van der Waals surface area contributed by atoms with Crippen LogP contribution < -0.4 is 5.73 Å². The Morgan fingerprint density at radius 1 is 1.27 bits per heavy atom. The molecule has 2 N–H and O–H groups in total. The summed E-state index contributed by atoms with van der Waals surface area (Å²) in [5.74, 6) is 0.259. The van der Waals surface area contributed by atoms with Crippen LogP contribution in [-0.2, 0) is 4.79 Å². The third-order valence-electron chi connectivity index (χ3n) is 3.73. The van der Waals surface area contributed by atoms with E-state index < -0.39 is 0 Å². The van der Waals surface area contributed by atoms with E-state index in [1.54, 1.807) is 0 Å². The van der Waals surface area contributed by atoms with Crippen molar-refractivity contribution in [2.45, 2.75) is 45.4 Å². The first-order valence-corrected chi connectivity index (χ1v) is 6.12. The molecule has 3 nitrogen and oxygen atoms in total. The topological polar surface area (TPSA) is 46.3 Å². The largest absolute Gasteiger partial charge is 0.346 e. The molecule has 0 radical (unpaired) electrons. The highest BCUT2D eigenvalue weighted by molar-refractivity contribution is 5.82. The lowest BCUT2D eigenvalue weighted by Gasteiger charge is -2.33. The van der Waals surface area contributed by atoms with Gasteiger partial charge in [-0.3, -0.25) is 4.79 Å². The van der Waals surface area contributed by atoms with Crippen LogP contribution in [0.4, 0.5) is 0 Å². The maximum Gasteiger partial charge on any atom is 0.229 e. The third kappa shape index (κ3) is 2.71. The van der Waals surface area contributed by atoms with Gasteiger partial charge >= 0.3 is 0 Å². The quantitative estimate of drug-likeness (QED) is 0.725. The third-order valence-corrected chi connectivity index (χ3v) is 3.73. The zero-order valence-corrected chi connectivity index (χ0v) is 10.1. The Labute approximate surface area is 93.0 Å². The molecule has 15 heavy (non-hydrogen) atoms. The summed E-state index contributed by atoms with van der Waals surface area (Å²) in [5.41, 5.74) is 5.60. The maximum atomic E-state index is 12.3. The number of nitrogens with zero attached hydrogens (tertiary/aromatic N) is 1. The van der Waals surface area contributed by atoms with Crippen LogP contribution in [0.25, 0.3) is 0 Å². The van der Waals surface area contributed by atoms with Crippen LogP contribution in [0.2, 0.25) is 0 Å². The highest BCUT2D eigenvalue weighted by Crippen LogP contribution is 2.35. The van der Waals surface area contributed by atoms with E-state index in [-0.39, 0.29) is 11.3 Å². The molecule has 1 fully saturated rings. The van der Waals surface area contributed by atoms with E-state index in [4.69, 9.17) is 5.73 Å². The number of hydrogen-bond donors (Lipinski definition) is 1. The van der Waals surface area contributed by atoms with Gasteiger partial charge in [0.15, 0.2) is 0 Å². The predicted octanol–water partition coefficient (Wildman–Crippen LogP) is 1.76. The fourth-order valence-electron chi connectivity index (χ4n) is 2.46. The van der Waals surface area contributed by atoms with Gasteiger partial charge in [0.1, 0.15) is 0 Å². The number of hydrogen-bond acceptors (Lipinski definition) is 2. The minimum Gasteiger partial charge on any atom is -0.346 e. The van der Waals surface area contributed by atoms with E-state index in [0.29, 0.717) is 6.54 Å². The molecular formula is C12H24N2O. The van der Waals surface area contributed by atoms with Gasteiger partial charge in [-0.05, 0) is 19.8 Å². The van der Waals surface area contributed by atoms with E-state index >= 15 is 0 Å². The van der Waals surface area contributed by atoms with Gasteiger partial charge in [-0.1, -0.05) is 25.7 Å². The van der Waals surface area contributed by atoms with Crippen LogP contribution in [0, 0.1) is 5.41 Å². The monoisotopic (exact) mass is 212 g/mol. The summed E-state index contributed by atoms with van der Waals surface area (Å²) in [6.07, 6.45) is 6.77. The van der Waals surface area contributed by atoms with Gasteiger partial charge in [0, 0.05) is 20.1 Å². The Morgan fingerprint density at radius 2 is 1.80 bits per heavy atom. The highest BCUT2D eigenvalue weighted by atomic mass is 16.2. The summed E-state index contributed by atoms with van der Waals surface area (Å²) in [4.78, 5) is 14.1. The Bertz CT molecular complexity index is 208. The van der Waals surface area contributed by atoms with Crippen molar-refractivity contribution in [3.63, 3.8) is 0 Å². The van der Waals surface area contributed by atoms with Gasteiger partial charge in [0.2, 0.25) is 5.91 Å². The minimum atomic E-state index is -0.249. The molecule has 1 rings (SSSR count). The Hall–Kier alpha value is -0.570. The lowest BCUT2D eigenvalue weighted by atomic mass is 9.79. The van der Waals surface area contributed by atoms with Crippen molar-refractivity contribution in [3.05, 3.63) is 0 Å². The van der Waals surface area contributed by atoms with E-state index in [2.05, 4.69) is 0 Å². The maximum absolute atomic E-state index is 12.3. The molecule has 0 aromatic carbocycles. The molecular weight excluding hydrogens is 188 g/mol. The lowest BCUT2D eigenvalue weighted by Crippen LogP contribution is -2.46. The van der Waals surface area contributed by atoms with Crippen LogP contribution in [0.15, 0.2) is 0 Å². The van der Waals surface area contributed by atoms with Gasteiger partial charge < -0.3 is 10.6 Å². The second-order valence-electron chi connectivity index (χ2n) is 4.72. The fraction of sp³-hybridized carbons (Fsp3) is 0.917. The zero-order chi connectivity index (χ0) is 11.3. The van der Waals surface area contributed by atoms with Gasteiger partial charge in [-0.15, -0.1) is 0 Å². The van der Waals surface area contributed by atoms with Crippen LogP contribution in [-0.4, -0.2) is 30.9 Å². The molecule has 0 aromatic rings. The summed E-state index contributed by atoms with van der Waals surface area (Å²) in [7, 11) is 1.88. The van der Waals surface area contributed by atoms with E-state index in [1.807, 2.05) is 18.9 Å². The summed E-state index contributed by atoms with van der Waals surface area (Å²) in [6, 6.07) is 0. The fourth-order valence-corrected chi connectivity index (χ4v) is 2.46. The number of nitrogens with two attached hydrogens (primary N) is 1. The molecule has 88 valence electrons. The standard InChI is InChI=1S/C12H24N2O/c1-3-14(2)11(15)12(10-13)8-6-4-5-7-9-12/h3-10,13H2,1-2H3. The molecule has 0 aromatic heterocycles. The molecule has 0 heterocycles. The number of rotatable bonds is 3. The van der Waals surface area contributed by atoms with Crippen molar-refractivity contribution in [3.8, 4) is 0 Å². The van der Waals surface area contributed by atoms with Crippen LogP contribution in [0.3, 0.4) is 0 Å². The first-order chi connectivity index (χ1) is 7.16. The first kappa shape index (κ1) is 12.5. The number of amides is 1. The van der Waals surface area contributed by atoms with E-state index in [1.165, 1.54) is 12.8 Å². The molecule has 1 aliphatic rings. The summed E-state index contributed by atoms with van der Waals surface area (Å²) in [6.45, 7) is 3.30. The van der Waals surface area contributed by atoms with Crippen LogP contribution >= 0.6 is 0 Å². The van der Waals surface area contributed by atoms with Crippen molar-refractivity contribution < 1.29 is 4.79 Å². The normalized spacial score (nSPS) is 20.7.